The lowest BCUT2D eigenvalue weighted by atomic mass is 10.0. The number of rotatable bonds is 5. The summed E-state index contributed by atoms with van der Waals surface area (Å²) in [7, 11) is 0. The number of nitrogens with one attached hydrogen (secondary N) is 2. The topological polar surface area (TPSA) is 88.0 Å². The third-order valence-electron chi connectivity index (χ3n) is 3.92. The molecule has 7 heteroatoms. The largest absolute Gasteiger partial charge is 0.368 e. The molecule has 0 spiro atoms. The van der Waals surface area contributed by atoms with Gasteiger partial charge in [0.05, 0.1) is 5.56 Å². The lowest BCUT2D eigenvalue weighted by Gasteiger charge is -2.15. The number of aromatic nitrogens is 1. The van der Waals surface area contributed by atoms with E-state index in [1.54, 1.807) is 6.20 Å². The van der Waals surface area contributed by atoms with E-state index in [-0.39, 0.29) is 12.0 Å². The SMILES string of the molecule is NC(=O)[C@H](Cc1c[nH]c2ccccc12)NC(=O)c1ccc(F)cc1F. The van der Waals surface area contributed by atoms with Crippen LogP contribution in [-0.4, -0.2) is 22.8 Å². The van der Waals surface area contributed by atoms with Crippen LogP contribution in [0, 0.1) is 11.6 Å². The Hall–Kier alpha value is -3.22. The van der Waals surface area contributed by atoms with Crippen molar-refractivity contribution in [3.8, 4) is 0 Å². The number of fused-ring (bicyclic) bond motifs is 1. The van der Waals surface area contributed by atoms with Crippen LogP contribution >= 0.6 is 0 Å². The van der Waals surface area contributed by atoms with Gasteiger partial charge < -0.3 is 16.0 Å². The van der Waals surface area contributed by atoms with Crippen molar-refractivity contribution in [3.63, 3.8) is 0 Å². The summed E-state index contributed by atoms with van der Waals surface area (Å²) in [5, 5.41) is 3.31. The number of carbonyl (C=O) groups excluding carboxylic acids is 2. The first-order chi connectivity index (χ1) is 12.0. The first-order valence-corrected chi connectivity index (χ1v) is 7.56. The number of para-hydroxylation sites is 1. The van der Waals surface area contributed by atoms with E-state index in [0.29, 0.717) is 6.07 Å². The van der Waals surface area contributed by atoms with E-state index in [4.69, 9.17) is 5.73 Å². The molecule has 0 saturated heterocycles. The molecule has 1 heterocycles. The maximum atomic E-state index is 13.7. The van der Waals surface area contributed by atoms with Gasteiger partial charge in [-0.15, -0.1) is 0 Å². The van der Waals surface area contributed by atoms with E-state index in [2.05, 4.69) is 10.3 Å². The summed E-state index contributed by atoms with van der Waals surface area (Å²) in [5.41, 5.74) is 6.69. The van der Waals surface area contributed by atoms with Crippen molar-refractivity contribution in [1.29, 1.82) is 0 Å². The van der Waals surface area contributed by atoms with Gasteiger partial charge in [0.25, 0.3) is 5.91 Å². The van der Waals surface area contributed by atoms with Gasteiger partial charge in [0.2, 0.25) is 5.91 Å². The van der Waals surface area contributed by atoms with Crippen LogP contribution in [-0.2, 0) is 11.2 Å². The van der Waals surface area contributed by atoms with Crippen molar-refractivity contribution >= 4 is 22.7 Å². The smallest absolute Gasteiger partial charge is 0.254 e. The molecule has 4 N–H and O–H groups in total. The second-order valence-corrected chi connectivity index (χ2v) is 5.62. The number of hydrogen-bond acceptors (Lipinski definition) is 2. The van der Waals surface area contributed by atoms with Crippen LogP contribution in [0.4, 0.5) is 8.78 Å². The number of benzene rings is 2. The monoisotopic (exact) mass is 343 g/mol. The maximum Gasteiger partial charge on any atom is 0.254 e. The molecule has 2 aromatic carbocycles. The quantitative estimate of drug-likeness (QED) is 0.664. The summed E-state index contributed by atoms with van der Waals surface area (Å²) in [5.74, 6) is -3.38. The van der Waals surface area contributed by atoms with Crippen LogP contribution in [0.5, 0.6) is 0 Å². The molecule has 0 aliphatic rings. The normalized spacial score (nSPS) is 12.1. The molecule has 25 heavy (non-hydrogen) atoms. The summed E-state index contributed by atoms with van der Waals surface area (Å²) >= 11 is 0. The Labute approximate surface area is 141 Å². The van der Waals surface area contributed by atoms with E-state index < -0.39 is 29.5 Å². The number of carbonyl (C=O) groups is 2. The van der Waals surface area contributed by atoms with E-state index in [0.717, 1.165) is 28.6 Å². The van der Waals surface area contributed by atoms with Gasteiger partial charge >= 0.3 is 0 Å². The van der Waals surface area contributed by atoms with Crippen LogP contribution in [0.15, 0.2) is 48.7 Å². The predicted octanol–water partition coefficient (Wildman–Crippen LogP) is 2.27. The van der Waals surface area contributed by atoms with Crippen molar-refractivity contribution < 1.29 is 18.4 Å². The standard InChI is InChI=1S/C18H15F2N3O2/c19-11-5-6-13(14(20)8-11)18(25)23-16(17(21)24)7-10-9-22-15-4-2-1-3-12(10)15/h1-6,8-9,16,22H,7H2,(H2,21,24)(H,23,25)/t16-/m0/s1. The fraction of sp³-hybridized carbons (Fsp3) is 0.111. The molecule has 0 bridgehead atoms. The first kappa shape index (κ1) is 16.6. The molecule has 0 saturated carbocycles. The van der Waals surface area contributed by atoms with Crippen LogP contribution in [0.3, 0.4) is 0 Å². The number of hydrogen-bond donors (Lipinski definition) is 3. The van der Waals surface area contributed by atoms with Crippen molar-refractivity contribution in [1.82, 2.24) is 10.3 Å². The fourth-order valence-electron chi connectivity index (χ4n) is 2.65. The van der Waals surface area contributed by atoms with Gasteiger partial charge in [-0.05, 0) is 23.8 Å². The van der Waals surface area contributed by atoms with Gasteiger partial charge in [0.15, 0.2) is 0 Å². The molecule has 0 fully saturated rings. The zero-order valence-corrected chi connectivity index (χ0v) is 13.1. The number of H-pyrrole nitrogens is 1. The minimum Gasteiger partial charge on any atom is -0.368 e. The molecule has 3 aromatic rings. The molecule has 0 unspecified atom stereocenters. The molecule has 2 amide bonds. The lowest BCUT2D eigenvalue weighted by Crippen LogP contribution is -2.46. The summed E-state index contributed by atoms with van der Waals surface area (Å²) in [6, 6.07) is 9.04. The molecular weight excluding hydrogens is 328 g/mol. The second-order valence-electron chi connectivity index (χ2n) is 5.62. The molecule has 0 radical (unpaired) electrons. The molecular formula is C18H15F2N3O2. The van der Waals surface area contributed by atoms with Crippen LogP contribution in [0.2, 0.25) is 0 Å². The highest BCUT2D eigenvalue weighted by molar-refractivity contribution is 5.97. The number of amides is 2. The Morgan fingerprint density at radius 1 is 1.16 bits per heavy atom. The van der Waals surface area contributed by atoms with Gasteiger partial charge in [0, 0.05) is 29.6 Å². The number of halogens is 2. The van der Waals surface area contributed by atoms with Crippen molar-refractivity contribution in [2.75, 3.05) is 0 Å². The maximum absolute atomic E-state index is 13.7. The highest BCUT2D eigenvalue weighted by atomic mass is 19.1. The molecule has 0 aliphatic heterocycles. The minimum atomic E-state index is -1.03. The summed E-state index contributed by atoms with van der Waals surface area (Å²) < 4.78 is 26.7. The third kappa shape index (κ3) is 3.50. The van der Waals surface area contributed by atoms with Gasteiger partial charge in [-0.2, -0.15) is 0 Å². The Kier molecular flexibility index (Phi) is 4.47. The van der Waals surface area contributed by atoms with Crippen LogP contribution in [0.1, 0.15) is 15.9 Å². The highest BCUT2D eigenvalue weighted by Gasteiger charge is 2.22. The second kappa shape index (κ2) is 6.72. The van der Waals surface area contributed by atoms with Crippen molar-refractivity contribution in [2.45, 2.75) is 12.5 Å². The van der Waals surface area contributed by atoms with Gasteiger partial charge in [-0.3, -0.25) is 9.59 Å². The Morgan fingerprint density at radius 3 is 2.64 bits per heavy atom. The predicted molar refractivity (Wildman–Crippen MR) is 88.8 cm³/mol. The average Bonchev–Trinajstić information content (AvgIpc) is 2.97. The van der Waals surface area contributed by atoms with E-state index in [9.17, 15) is 18.4 Å². The zero-order chi connectivity index (χ0) is 18.0. The van der Waals surface area contributed by atoms with Gasteiger partial charge in [0.1, 0.15) is 17.7 Å². The lowest BCUT2D eigenvalue weighted by molar-refractivity contribution is -0.119. The van der Waals surface area contributed by atoms with Crippen molar-refractivity contribution in [2.24, 2.45) is 5.73 Å². The van der Waals surface area contributed by atoms with Crippen LogP contribution < -0.4 is 11.1 Å². The minimum absolute atomic E-state index is 0.147. The van der Waals surface area contributed by atoms with E-state index in [1.807, 2.05) is 24.3 Å². The molecule has 128 valence electrons. The average molecular weight is 343 g/mol. The molecule has 0 aliphatic carbocycles. The molecule has 5 nitrogen and oxygen atoms in total. The van der Waals surface area contributed by atoms with Gasteiger partial charge in [-0.1, -0.05) is 18.2 Å². The fourth-order valence-corrected chi connectivity index (χ4v) is 2.65. The third-order valence-corrected chi connectivity index (χ3v) is 3.92. The number of aromatic amines is 1. The number of nitrogens with two attached hydrogens (primary N) is 1. The van der Waals surface area contributed by atoms with Crippen molar-refractivity contribution in [3.05, 3.63) is 71.4 Å². The summed E-state index contributed by atoms with van der Waals surface area (Å²) in [6.45, 7) is 0. The Bertz CT molecular complexity index is 952. The highest BCUT2D eigenvalue weighted by Crippen LogP contribution is 2.19. The first-order valence-electron chi connectivity index (χ1n) is 7.56. The van der Waals surface area contributed by atoms with E-state index in [1.165, 1.54) is 0 Å². The molecule has 1 aromatic heterocycles. The van der Waals surface area contributed by atoms with E-state index >= 15 is 0 Å². The zero-order valence-electron chi connectivity index (χ0n) is 13.1. The van der Waals surface area contributed by atoms with Gasteiger partial charge in [-0.25, -0.2) is 8.78 Å². The number of primary amides is 1. The summed E-state index contributed by atoms with van der Waals surface area (Å²) in [4.78, 5) is 27.0. The van der Waals surface area contributed by atoms with Crippen LogP contribution in [0.25, 0.3) is 10.9 Å². The Balaban J connectivity index is 1.82. The summed E-state index contributed by atoms with van der Waals surface area (Å²) in [6.07, 6.45) is 1.87. The molecule has 1 atom stereocenters. The Morgan fingerprint density at radius 2 is 1.92 bits per heavy atom. The molecule has 3 rings (SSSR count).